The summed E-state index contributed by atoms with van der Waals surface area (Å²) >= 11 is 0. The van der Waals surface area contributed by atoms with E-state index in [1.807, 2.05) is 18.2 Å². The highest BCUT2D eigenvalue weighted by atomic mass is 32.2. The van der Waals surface area contributed by atoms with Gasteiger partial charge in [-0.2, -0.15) is 0 Å². The summed E-state index contributed by atoms with van der Waals surface area (Å²) in [6, 6.07) is 9.00. The standard InChI is InChI=1S/C19H23N3O3S/c1-12-7-15(9-18(13(12)2)26(24,25)20-3)19(23)21-17-6-5-14-10-22(4)11-16(14)8-17/h5-9,20H,10-11H2,1-4H3,(H,21,23). The lowest BCUT2D eigenvalue weighted by Crippen LogP contribution is -2.21. The van der Waals surface area contributed by atoms with Crippen molar-refractivity contribution in [2.75, 3.05) is 19.4 Å². The van der Waals surface area contributed by atoms with Crippen LogP contribution in [0.4, 0.5) is 5.69 Å². The second-order valence-electron chi connectivity index (χ2n) is 6.73. The van der Waals surface area contributed by atoms with E-state index >= 15 is 0 Å². The first kappa shape index (κ1) is 18.6. The Labute approximate surface area is 154 Å². The number of nitrogens with one attached hydrogen (secondary N) is 2. The van der Waals surface area contributed by atoms with Gasteiger partial charge in [0.05, 0.1) is 4.90 Å². The molecule has 3 rings (SSSR count). The number of nitrogens with zero attached hydrogens (tertiary/aromatic N) is 1. The van der Waals surface area contributed by atoms with Crippen LogP contribution >= 0.6 is 0 Å². The van der Waals surface area contributed by atoms with Crippen molar-refractivity contribution in [3.63, 3.8) is 0 Å². The third kappa shape index (κ3) is 3.51. The highest BCUT2D eigenvalue weighted by molar-refractivity contribution is 7.89. The number of hydrogen-bond donors (Lipinski definition) is 2. The van der Waals surface area contributed by atoms with Crippen LogP contribution in [0.5, 0.6) is 0 Å². The summed E-state index contributed by atoms with van der Waals surface area (Å²) in [6.45, 7) is 5.30. The van der Waals surface area contributed by atoms with E-state index in [1.54, 1.807) is 19.9 Å². The third-order valence-electron chi connectivity index (χ3n) is 4.78. The smallest absolute Gasteiger partial charge is 0.255 e. The van der Waals surface area contributed by atoms with Crippen LogP contribution in [-0.2, 0) is 23.1 Å². The minimum absolute atomic E-state index is 0.126. The number of carbonyl (C=O) groups excluding carboxylic acids is 1. The summed E-state index contributed by atoms with van der Waals surface area (Å²) in [6.07, 6.45) is 0. The lowest BCUT2D eigenvalue weighted by Gasteiger charge is -2.13. The molecule has 0 saturated heterocycles. The molecule has 0 fully saturated rings. The van der Waals surface area contributed by atoms with Crippen molar-refractivity contribution in [3.8, 4) is 0 Å². The molecule has 2 aromatic carbocycles. The molecule has 0 bridgehead atoms. The van der Waals surface area contributed by atoms with Gasteiger partial charge < -0.3 is 5.32 Å². The van der Waals surface area contributed by atoms with Gasteiger partial charge in [-0.15, -0.1) is 0 Å². The zero-order valence-corrected chi connectivity index (χ0v) is 16.2. The predicted molar refractivity (Wildman–Crippen MR) is 102 cm³/mol. The van der Waals surface area contributed by atoms with E-state index in [2.05, 4.69) is 22.0 Å². The fourth-order valence-electron chi connectivity index (χ4n) is 3.19. The fourth-order valence-corrected chi connectivity index (χ4v) is 4.26. The predicted octanol–water partition coefficient (Wildman–Crippen LogP) is 2.41. The Hall–Kier alpha value is -2.22. The molecule has 26 heavy (non-hydrogen) atoms. The zero-order valence-electron chi connectivity index (χ0n) is 15.4. The fraction of sp³-hybridized carbons (Fsp3) is 0.316. The molecular formula is C19H23N3O3S. The second kappa shape index (κ2) is 6.83. The van der Waals surface area contributed by atoms with Crippen molar-refractivity contribution in [2.24, 2.45) is 0 Å². The van der Waals surface area contributed by atoms with Crippen LogP contribution in [-0.4, -0.2) is 33.3 Å². The lowest BCUT2D eigenvalue weighted by atomic mass is 10.1. The van der Waals surface area contributed by atoms with Gasteiger partial charge in [-0.3, -0.25) is 9.69 Å². The molecule has 1 amide bonds. The Bertz CT molecular complexity index is 984. The molecular weight excluding hydrogens is 350 g/mol. The van der Waals surface area contributed by atoms with Crippen molar-refractivity contribution in [3.05, 3.63) is 58.1 Å². The van der Waals surface area contributed by atoms with E-state index in [0.717, 1.165) is 18.7 Å². The van der Waals surface area contributed by atoms with Gasteiger partial charge in [0, 0.05) is 24.3 Å². The molecule has 0 saturated carbocycles. The number of fused-ring (bicyclic) bond motifs is 1. The third-order valence-corrected chi connectivity index (χ3v) is 6.33. The SMILES string of the molecule is CNS(=O)(=O)c1cc(C(=O)Nc2ccc3c(c2)CN(C)C3)cc(C)c1C. The summed E-state index contributed by atoms with van der Waals surface area (Å²) in [5.74, 6) is -0.327. The van der Waals surface area contributed by atoms with E-state index in [0.29, 0.717) is 16.8 Å². The monoisotopic (exact) mass is 373 g/mol. The first-order chi connectivity index (χ1) is 12.2. The Morgan fingerprint density at radius 1 is 1.08 bits per heavy atom. The van der Waals surface area contributed by atoms with E-state index in [1.165, 1.54) is 24.2 Å². The minimum atomic E-state index is -3.63. The van der Waals surface area contributed by atoms with Crippen molar-refractivity contribution >= 4 is 21.6 Å². The number of amides is 1. The van der Waals surface area contributed by atoms with E-state index in [9.17, 15) is 13.2 Å². The number of rotatable bonds is 4. The molecule has 7 heteroatoms. The Balaban J connectivity index is 1.90. The zero-order chi connectivity index (χ0) is 19.1. The number of carbonyl (C=O) groups is 1. The van der Waals surface area contributed by atoms with Gasteiger partial charge in [0.1, 0.15) is 0 Å². The van der Waals surface area contributed by atoms with Crippen LogP contribution in [0.2, 0.25) is 0 Å². The van der Waals surface area contributed by atoms with Gasteiger partial charge in [-0.05, 0) is 74.5 Å². The highest BCUT2D eigenvalue weighted by Gasteiger charge is 2.20. The highest BCUT2D eigenvalue weighted by Crippen LogP contribution is 2.26. The van der Waals surface area contributed by atoms with Crippen molar-refractivity contribution in [1.82, 2.24) is 9.62 Å². The van der Waals surface area contributed by atoms with Gasteiger partial charge in [-0.1, -0.05) is 6.07 Å². The summed E-state index contributed by atoms with van der Waals surface area (Å²) in [4.78, 5) is 15.0. The maximum atomic E-state index is 12.7. The average Bonchev–Trinajstić information content (AvgIpc) is 2.96. The number of hydrogen-bond acceptors (Lipinski definition) is 4. The molecule has 0 aromatic heterocycles. The maximum Gasteiger partial charge on any atom is 0.255 e. The molecule has 0 atom stereocenters. The molecule has 138 valence electrons. The van der Waals surface area contributed by atoms with Gasteiger partial charge in [0.2, 0.25) is 10.0 Å². The van der Waals surface area contributed by atoms with Crippen molar-refractivity contribution in [1.29, 1.82) is 0 Å². The van der Waals surface area contributed by atoms with Crippen molar-refractivity contribution < 1.29 is 13.2 Å². The summed E-state index contributed by atoms with van der Waals surface area (Å²) in [5.41, 5.74) is 4.88. The second-order valence-corrected chi connectivity index (χ2v) is 8.59. The molecule has 1 heterocycles. The van der Waals surface area contributed by atoms with Crippen LogP contribution in [0, 0.1) is 13.8 Å². The lowest BCUT2D eigenvalue weighted by molar-refractivity contribution is 0.102. The normalized spacial score (nSPS) is 14.3. The van der Waals surface area contributed by atoms with Crippen LogP contribution in [0.15, 0.2) is 35.2 Å². The average molecular weight is 373 g/mol. The van der Waals surface area contributed by atoms with Crippen LogP contribution in [0.1, 0.15) is 32.6 Å². The number of benzene rings is 2. The molecule has 0 unspecified atom stereocenters. The molecule has 1 aliphatic heterocycles. The molecule has 0 aliphatic carbocycles. The first-order valence-corrected chi connectivity index (χ1v) is 9.86. The Morgan fingerprint density at radius 2 is 1.77 bits per heavy atom. The van der Waals surface area contributed by atoms with Crippen LogP contribution < -0.4 is 10.0 Å². The van der Waals surface area contributed by atoms with Gasteiger partial charge in [-0.25, -0.2) is 13.1 Å². The summed E-state index contributed by atoms with van der Waals surface area (Å²) in [7, 11) is -0.218. The summed E-state index contributed by atoms with van der Waals surface area (Å²) in [5, 5.41) is 2.87. The molecule has 0 spiro atoms. The van der Waals surface area contributed by atoms with Crippen LogP contribution in [0.25, 0.3) is 0 Å². The van der Waals surface area contributed by atoms with Gasteiger partial charge in [0.15, 0.2) is 0 Å². The number of aryl methyl sites for hydroxylation is 1. The first-order valence-electron chi connectivity index (χ1n) is 8.38. The number of sulfonamides is 1. The topological polar surface area (TPSA) is 78.5 Å². The molecule has 2 aromatic rings. The van der Waals surface area contributed by atoms with Gasteiger partial charge >= 0.3 is 0 Å². The summed E-state index contributed by atoms with van der Waals surface area (Å²) < 4.78 is 26.7. The van der Waals surface area contributed by atoms with E-state index < -0.39 is 10.0 Å². The molecule has 2 N–H and O–H groups in total. The molecule has 6 nitrogen and oxygen atoms in total. The Morgan fingerprint density at radius 3 is 2.46 bits per heavy atom. The Kier molecular flexibility index (Phi) is 4.88. The number of anilines is 1. The van der Waals surface area contributed by atoms with Crippen molar-refractivity contribution in [2.45, 2.75) is 31.8 Å². The van der Waals surface area contributed by atoms with E-state index in [-0.39, 0.29) is 10.8 Å². The maximum absolute atomic E-state index is 12.7. The minimum Gasteiger partial charge on any atom is -0.322 e. The van der Waals surface area contributed by atoms with Crippen LogP contribution in [0.3, 0.4) is 0 Å². The van der Waals surface area contributed by atoms with E-state index in [4.69, 9.17) is 0 Å². The quantitative estimate of drug-likeness (QED) is 0.863. The van der Waals surface area contributed by atoms with Gasteiger partial charge in [0.25, 0.3) is 5.91 Å². The molecule has 1 aliphatic rings. The molecule has 0 radical (unpaired) electrons. The largest absolute Gasteiger partial charge is 0.322 e.